The Kier molecular flexibility index (Phi) is 2.79. The first-order chi connectivity index (χ1) is 6.79. The van der Waals surface area contributed by atoms with Crippen molar-refractivity contribution < 1.29 is 9.26 Å². The van der Waals surface area contributed by atoms with Crippen molar-refractivity contribution in [1.29, 1.82) is 0 Å². The van der Waals surface area contributed by atoms with Gasteiger partial charge in [-0.15, -0.1) is 0 Å². The highest BCUT2D eigenvalue weighted by molar-refractivity contribution is 5.01. The summed E-state index contributed by atoms with van der Waals surface area (Å²) in [6.07, 6.45) is 0.847. The van der Waals surface area contributed by atoms with Crippen LogP contribution in [0.2, 0.25) is 0 Å². The molecule has 0 aliphatic carbocycles. The lowest BCUT2D eigenvalue weighted by molar-refractivity contribution is 0.116. The molecule has 0 spiro atoms. The molecule has 14 heavy (non-hydrogen) atoms. The average Bonchev–Trinajstić information content (AvgIpc) is 2.50. The molecule has 1 aliphatic rings. The minimum atomic E-state index is 0.139. The molecular weight excluding hydrogens is 182 g/mol. The molecule has 1 fully saturated rings. The largest absolute Gasteiger partial charge is 0.381 e. The standard InChI is InChI=1S/C9H15N3O2/c1-6(13-2)3-8-11-9(14-12-8)7-4-10-5-7/h6-7,10H,3-5H2,1-2H3. The monoisotopic (exact) mass is 197 g/mol. The van der Waals surface area contributed by atoms with E-state index in [-0.39, 0.29) is 6.10 Å². The van der Waals surface area contributed by atoms with Crippen LogP contribution in [0.5, 0.6) is 0 Å². The molecule has 0 amide bonds. The van der Waals surface area contributed by atoms with E-state index in [4.69, 9.17) is 9.26 Å². The Morgan fingerprint density at radius 1 is 1.64 bits per heavy atom. The van der Waals surface area contributed by atoms with Crippen LogP contribution in [0.15, 0.2) is 4.52 Å². The smallest absolute Gasteiger partial charge is 0.232 e. The van der Waals surface area contributed by atoms with E-state index in [1.54, 1.807) is 7.11 Å². The van der Waals surface area contributed by atoms with Crippen LogP contribution in [0, 0.1) is 0 Å². The van der Waals surface area contributed by atoms with Crippen molar-refractivity contribution in [3.05, 3.63) is 11.7 Å². The average molecular weight is 197 g/mol. The number of hydrogen-bond acceptors (Lipinski definition) is 5. The molecule has 5 heteroatoms. The summed E-state index contributed by atoms with van der Waals surface area (Å²) in [5.41, 5.74) is 0. The van der Waals surface area contributed by atoms with Gasteiger partial charge in [0.15, 0.2) is 5.82 Å². The summed E-state index contributed by atoms with van der Waals surface area (Å²) in [6, 6.07) is 0. The Bertz CT molecular complexity index is 296. The third-order valence-corrected chi connectivity index (χ3v) is 2.49. The highest BCUT2D eigenvalue weighted by atomic mass is 16.5. The van der Waals surface area contributed by atoms with Gasteiger partial charge < -0.3 is 14.6 Å². The molecule has 1 N–H and O–H groups in total. The molecule has 2 rings (SSSR count). The minimum absolute atomic E-state index is 0.139. The fourth-order valence-corrected chi connectivity index (χ4v) is 1.32. The first kappa shape index (κ1) is 9.61. The Morgan fingerprint density at radius 2 is 2.43 bits per heavy atom. The molecule has 1 aromatic rings. The summed E-state index contributed by atoms with van der Waals surface area (Å²) in [7, 11) is 1.68. The quantitative estimate of drug-likeness (QED) is 0.754. The molecule has 1 aliphatic heterocycles. The number of methoxy groups -OCH3 is 1. The highest BCUT2D eigenvalue weighted by Gasteiger charge is 2.25. The molecule has 1 atom stereocenters. The molecule has 0 saturated carbocycles. The lowest BCUT2D eigenvalue weighted by Crippen LogP contribution is -2.40. The van der Waals surface area contributed by atoms with E-state index < -0.39 is 0 Å². The number of aromatic nitrogens is 2. The van der Waals surface area contributed by atoms with Crippen molar-refractivity contribution >= 4 is 0 Å². The number of rotatable bonds is 4. The van der Waals surface area contributed by atoms with Gasteiger partial charge in [-0.1, -0.05) is 5.16 Å². The van der Waals surface area contributed by atoms with Crippen molar-refractivity contribution in [1.82, 2.24) is 15.5 Å². The third kappa shape index (κ3) is 1.93. The van der Waals surface area contributed by atoms with Gasteiger partial charge in [0.1, 0.15) is 0 Å². The number of hydrogen-bond donors (Lipinski definition) is 1. The summed E-state index contributed by atoms with van der Waals surface area (Å²) in [4.78, 5) is 4.32. The van der Waals surface area contributed by atoms with E-state index in [9.17, 15) is 0 Å². The lowest BCUT2D eigenvalue weighted by Gasteiger charge is -2.22. The van der Waals surface area contributed by atoms with Gasteiger partial charge >= 0.3 is 0 Å². The molecule has 1 aromatic heterocycles. The molecular formula is C9H15N3O2. The topological polar surface area (TPSA) is 60.2 Å². The van der Waals surface area contributed by atoms with Crippen LogP contribution in [0.4, 0.5) is 0 Å². The number of nitrogens with zero attached hydrogens (tertiary/aromatic N) is 2. The van der Waals surface area contributed by atoms with Crippen LogP contribution >= 0.6 is 0 Å². The number of ether oxygens (including phenoxy) is 1. The fourth-order valence-electron chi connectivity index (χ4n) is 1.32. The molecule has 1 unspecified atom stereocenters. The van der Waals surface area contributed by atoms with Gasteiger partial charge in [-0.05, 0) is 6.92 Å². The zero-order valence-corrected chi connectivity index (χ0v) is 8.49. The maximum absolute atomic E-state index is 5.16. The molecule has 1 saturated heterocycles. The third-order valence-electron chi connectivity index (χ3n) is 2.49. The second-order valence-corrected chi connectivity index (χ2v) is 3.65. The van der Waals surface area contributed by atoms with Crippen LogP contribution < -0.4 is 5.32 Å². The summed E-state index contributed by atoms with van der Waals surface area (Å²) in [5, 5.41) is 7.08. The maximum atomic E-state index is 5.16. The molecule has 0 aromatic carbocycles. The van der Waals surface area contributed by atoms with E-state index in [0.717, 1.165) is 24.8 Å². The highest BCUT2D eigenvalue weighted by Crippen LogP contribution is 2.17. The van der Waals surface area contributed by atoms with E-state index in [1.165, 1.54) is 0 Å². The Morgan fingerprint density at radius 3 is 3.00 bits per heavy atom. The lowest BCUT2D eigenvalue weighted by atomic mass is 10.0. The van der Waals surface area contributed by atoms with Crippen LogP contribution in [0.3, 0.4) is 0 Å². The molecule has 2 heterocycles. The predicted octanol–water partition coefficient (Wildman–Crippen LogP) is 0.334. The van der Waals surface area contributed by atoms with Crippen molar-refractivity contribution in [2.45, 2.75) is 25.4 Å². The van der Waals surface area contributed by atoms with Crippen LogP contribution in [-0.4, -0.2) is 36.4 Å². The van der Waals surface area contributed by atoms with E-state index in [1.807, 2.05) is 6.92 Å². The minimum Gasteiger partial charge on any atom is -0.381 e. The second-order valence-electron chi connectivity index (χ2n) is 3.65. The van der Waals surface area contributed by atoms with Gasteiger partial charge in [0.2, 0.25) is 5.89 Å². The first-order valence-corrected chi connectivity index (χ1v) is 4.85. The van der Waals surface area contributed by atoms with E-state index >= 15 is 0 Å². The summed E-state index contributed by atoms with van der Waals surface area (Å²) < 4.78 is 10.3. The zero-order valence-electron chi connectivity index (χ0n) is 8.49. The van der Waals surface area contributed by atoms with Gasteiger partial charge in [-0.3, -0.25) is 0 Å². The first-order valence-electron chi connectivity index (χ1n) is 4.85. The zero-order chi connectivity index (χ0) is 9.97. The Labute approximate surface area is 82.8 Å². The van der Waals surface area contributed by atoms with Crippen molar-refractivity contribution in [3.8, 4) is 0 Å². The Balaban J connectivity index is 1.95. The normalized spacial score (nSPS) is 19.3. The Hall–Kier alpha value is -0.940. The maximum Gasteiger partial charge on any atom is 0.232 e. The molecule has 5 nitrogen and oxygen atoms in total. The summed E-state index contributed by atoms with van der Waals surface area (Å²) in [6.45, 7) is 3.88. The SMILES string of the molecule is COC(C)Cc1noc(C2CNC2)n1. The molecule has 78 valence electrons. The van der Waals surface area contributed by atoms with E-state index in [2.05, 4.69) is 15.5 Å². The van der Waals surface area contributed by atoms with Gasteiger partial charge in [0.05, 0.1) is 12.0 Å². The van der Waals surface area contributed by atoms with Gasteiger partial charge in [0.25, 0.3) is 0 Å². The van der Waals surface area contributed by atoms with Gasteiger partial charge in [-0.2, -0.15) is 4.98 Å². The molecule has 0 radical (unpaired) electrons. The summed E-state index contributed by atoms with van der Waals surface area (Å²) in [5.74, 6) is 1.90. The van der Waals surface area contributed by atoms with Gasteiger partial charge in [-0.25, -0.2) is 0 Å². The van der Waals surface area contributed by atoms with Crippen LogP contribution in [0.1, 0.15) is 24.6 Å². The van der Waals surface area contributed by atoms with E-state index in [0.29, 0.717) is 12.3 Å². The summed E-state index contributed by atoms with van der Waals surface area (Å²) >= 11 is 0. The van der Waals surface area contributed by atoms with Crippen molar-refractivity contribution in [3.63, 3.8) is 0 Å². The van der Waals surface area contributed by atoms with Crippen LogP contribution in [-0.2, 0) is 11.2 Å². The van der Waals surface area contributed by atoms with Crippen molar-refractivity contribution in [2.24, 2.45) is 0 Å². The van der Waals surface area contributed by atoms with Crippen LogP contribution in [0.25, 0.3) is 0 Å². The predicted molar refractivity (Wildman–Crippen MR) is 50.1 cm³/mol. The number of nitrogens with one attached hydrogen (secondary N) is 1. The molecule has 0 bridgehead atoms. The second kappa shape index (κ2) is 4.06. The fraction of sp³-hybridized carbons (Fsp3) is 0.778. The van der Waals surface area contributed by atoms with Crippen molar-refractivity contribution in [2.75, 3.05) is 20.2 Å². The van der Waals surface area contributed by atoms with Gasteiger partial charge in [0, 0.05) is 26.6 Å².